The fourth-order valence-corrected chi connectivity index (χ4v) is 2.58. The van der Waals surface area contributed by atoms with Gasteiger partial charge in [0.2, 0.25) is 5.91 Å². The van der Waals surface area contributed by atoms with Gasteiger partial charge in [-0.3, -0.25) is 4.79 Å². The summed E-state index contributed by atoms with van der Waals surface area (Å²) in [4.78, 5) is 11.7. The highest BCUT2D eigenvalue weighted by molar-refractivity contribution is 7.99. The van der Waals surface area contributed by atoms with Crippen LogP contribution in [0.4, 0.5) is 0 Å². The summed E-state index contributed by atoms with van der Waals surface area (Å²) in [6.45, 7) is 1.01. The van der Waals surface area contributed by atoms with Crippen molar-refractivity contribution in [1.82, 2.24) is 5.32 Å². The van der Waals surface area contributed by atoms with Gasteiger partial charge in [0.15, 0.2) is 0 Å². The van der Waals surface area contributed by atoms with Crippen molar-refractivity contribution in [3.05, 3.63) is 66.2 Å². The van der Waals surface area contributed by atoms with Crippen LogP contribution in [0, 0.1) is 0 Å². The fourth-order valence-electron chi connectivity index (χ4n) is 1.76. The third kappa shape index (κ3) is 6.36. The van der Waals surface area contributed by atoms with E-state index in [2.05, 4.69) is 17.4 Å². The van der Waals surface area contributed by atoms with Crippen LogP contribution in [0.3, 0.4) is 0 Å². The van der Waals surface area contributed by atoms with Crippen LogP contribution in [0.2, 0.25) is 0 Å². The van der Waals surface area contributed by atoms with Gasteiger partial charge in [-0.05, 0) is 17.7 Å². The number of ether oxygens (including phenoxy) is 1. The maximum Gasteiger partial charge on any atom is 0.230 e. The molecule has 1 amide bonds. The number of hydrogen-bond donors (Lipinski definition) is 1. The maximum absolute atomic E-state index is 11.7. The largest absolute Gasteiger partial charge is 0.492 e. The zero-order valence-corrected chi connectivity index (χ0v) is 12.6. The van der Waals surface area contributed by atoms with Crippen molar-refractivity contribution in [2.45, 2.75) is 5.75 Å². The Kier molecular flexibility index (Phi) is 6.68. The Bertz CT molecular complexity index is 531. The molecule has 0 atom stereocenters. The van der Waals surface area contributed by atoms with Crippen LogP contribution in [0.1, 0.15) is 5.56 Å². The summed E-state index contributed by atoms with van der Waals surface area (Å²) in [7, 11) is 0. The van der Waals surface area contributed by atoms with E-state index in [0.717, 1.165) is 11.5 Å². The van der Waals surface area contributed by atoms with Crippen molar-refractivity contribution in [3.63, 3.8) is 0 Å². The first-order chi connectivity index (χ1) is 10.3. The van der Waals surface area contributed by atoms with Crippen LogP contribution in [-0.4, -0.2) is 24.8 Å². The van der Waals surface area contributed by atoms with Gasteiger partial charge < -0.3 is 10.1 Å². The van der Waals surface area contributed by atoms with Crippen molar-refractivity contribution < 1.29 is 9.53 Å². The van der Waals surface area contributed by atoms with E-state index in [4.69, 9.17) is 4.74 Å². The second kappa shape index (κ2) is 9.08. The van der Waals surface area contributed by atoms with Crippen LogP contribution >= 0.6 is 11.8 Å². The Morgan fingerprint density at radius 1 is 1.00 bits per heavy atom. The molecule has 0 saturated heterocycles. The zero-order chi connectivity index (χ0) is 14.8. The molecule has 110 valence electrons. The lowest BCUT2D eigenvalue weighted by atomic mass is 10.2. The lowest BCUT2D eigenvalue weighted by Crippen LogP contribution is -2.29. The molecule has 0 fully saturated rings. The zero-order valence-electron chi connectivity index (χ0n) is 11.8. The molecule has 0 bridgehead atoms. The van der Waals surface area contributed by atoms with Crippen molar-refractivity contribution in [3.8, 4) is 5.75 Å². The maximum atomic E-state index is 11.7. The Morgan fingerprint density at radius 2 is 1.67 bits per heavy atom. The summed E-state index contributed by atoms with van der Waals surface area (Å²) in [5, 5.41) is 2.85. The van der Waals surface area contributed by atoms with E-state index in [1.54, 1.807) is 11.8 Å². The van der Waals surface area contributed by atoms with Crippen molar-refractivity contribution in [2.75, 3.05) is 18.9 Å². The average molecular weight is 301 g/mol. The minimum absolute atomic E-state index is 0.0487. The second-order valence-electron chi connectivity index (χ2n) is 4.49. The molecule has 0 radical (unpaired) electrons. The normalized spacial score (nSPS) is 10.1. The molecule has 0 spiro atoms. The van der Waals surface area contributed by atoms with E-state index >= 15 is 0 Å². The number of para-hydroxylation sites is 1. The summed E-state index contributed by atoms with van der Waals surface area (Å²) in [6, 6.07) is 19.7. The number of nitrogens with one attached hydrogen (secondary N) is 1. The standard InChI is InChI=1S/C17H19NO2S/c19-17(14-21-13-15-7-3-1-4-8-15)18-11-12-20-16-9-5-2-6-10-16/h1-10H,11-14H2,(H,18,19). The van der Waals surface area contributed by atoms with Crippen LogP contribution in [-0.2, 0) is 10.5 Å². The molecule has 0 saturated carbocycles. The first-order valence-corrected chi connectivity index (χ1v) is 8.06. The summed E-state index contributed by atoms with van der Waals surface area (Å²) in [6.07, 6.45) is 0. The van der Waals surface area contributed by atoms with Gasteiger partial charge in [0.1, 0.15) is 12.4 Å². The van der Waals surface area contributed by atoms with E-state index in [9.17, 15) is 4.79 Å². The molecular weight excluding hydrogens is 282 g/mol. The molecule has 3 nitrogen and oxygen atoms in total. The van der Waals surface area contributed by atoms with Gasteiger partial charge in [-0.25, -0.2) is 0 Å². The molecule has 0 aliphatic carbocycles. The number of thioether (sulfide) groups is 1. The highest BCUT2D eigenvalue weighted by Crippen LogP contribution is 2.11. The predicted molar refractivity (Wildman–Crippen MR) is 87.6 cm³/mol. The third-order valence-corrected chi connectivity index (χ3v) is 3.78. The predicted octanol–water partition coefficient (Wildman–Crippen LogP) is 3.12. The molecule has 0 aliphatic rings. The van der Waals surface area contributed by atoms with Gasteiger partial charge in [0.05, 0.1) is 12.3 Å². The Balaban J connectivity index is 1.54. The molecule has 2 rings (SSSR count). The first-order valence-electron chi connectivity index (χ1n) is 6.91. The third-order valence-electron chi connectivity index (χ3n) is 2.78. The fraction of sp³-hybridized carbons (Fsp3) is 0.235. The molecule has 4 heteroatoms. The van der Waals surface area contributed by atoms with Crippen molar-refractivity contribution in [2.24, 2.45) is 0 Å². The van der Waals surface area contributed by atoms with Gasteiger partial charge in [0.25, 0.3) is 0 Å². The molecule has 1 N–H and O–H groups in total. The number of carbonyl (C=O) groups is 1. The minimum Gasteiger partial charge on any atom is -0.492 e. The number of amides is 1. The minimum atomic E-state index is 0.0487. The number of hydrogen-bond acceptors (Lipinski definition) is 3. The highest BCUT2D eigenvalue weighted by atomic mass is 32.2. The van der Waals surface area contributed by atoms with Crippen LogP contribution in [0.15, 0.2) is 60.7 Å². The Hall–Kier alpha value is -1.94. The Labute approximate surface area is 129 Å². The van der Waals surface area contributed by atoms with E-state index < -0.39 is 0 Å². The van der Waals surface area contributed by atoms with E-state index in [1.807, 2.05) is 48.5 Å². The molecule has 2 aromatic rings. The summed E-state index contributed by atoms with van der Waals surface area (Å²) < 4.78 is 5.51. The quantitative estimate of drug-likeness (QED) is 0.761. The lowest BCUT2D eigenvalue weighted by molar-refractivity contribution is -0.118. The van der Waals surface area contributed by atoms with Crippen molar-refractivity contribution >= 4 is 17.7 Å². The van der Waals surface area contributed by atoms with Crippen LogP contribution < -0.4 is 10.1 Å². The topological polar surface area (TPSA) is 38.3 Å². The summed E-state index contributed by atoms with van der Waals surface area (Å²) in [5.74, 6) is 2.20. The highest BCUT2D eigenvalue weighted by Gasteiger charge is 2.01. The van der Waals surface area contributed by atoms with Crippen LogP contribution in [0.25, 0.3) is 0 Å². The van der Waals surface area contributed by atoms with E-state index in [0.29, 0.717) is 18.9 Å². The van der Waals surface area contributed by atoms with Crippen LogP contribution in [0.5, 0.6) is 5.75 Å². The van der Waals surface area contributed by atoms with E-state index in [1.165, 1.54) is 5.56 Å². The summed E-state index contributed by atoms with van der Waals surface area (Å²) in [5.41, 5.74) is 1.24. The van der Waals surface area contributed by atoms with Gasteiger partial charge in [-0.2, -0.15) is 0 Å². The first kappa shape index (κ1) is 15.4. The monoisotopic (exact) mass is 301 g/mol. The molecule has 0 aromatic heterocycles. The molecule has 0 aliphatic heterocycles. The number of benzene rings is 2. The van der Waals surface area contributed by atoms with Gasteiger partial charge in [-0.15, -0.1) is 11.8 Å². The molecule has 0 heterocycles. The second-order valence-corrected chi connectivity index (χ2v) is 5.48. The van der Waals surface area contributed by atoms with Gasteiger partial charge in [-0.1, -0.05) is 48.5 Å². The van der Waals surface area contributed by atoms with Crippen molar-refractivity contribution in [1.29, 1.82) is 0 Å². The molecule has 2 aromatic carbocycles. The van der Waals surface area contributed by atoms with E-state index in [-0.39, 0.29) is 5.91 Å². The molecular formula is C17H19NO2S. The molecule has 0 unspecified atom stereocenters. The average Bonchev–Trinajstić information content (AvgIpc) is 2.54. The van der Waals surface area contributed by atoms with Gasteiger partial charge in [0, 0.05) is 5.75 Å². The Morgan fingerprint density at radius 3 is 2.38 bits per heavy atom. The lowest BCUT2D eigenvalue weighted by Gasteiger charge is -2.07. The number of rotatable bonds is 8. The number of carbonyl (C=O) groups excluding carboxylic acids is 1. The van der Waals surface area contributed by atoms with Gasteiger partial charge >= 0.3 is 0 Å². The summed E-state index contributed by atoms with van der Waals surface area (Å²) >= 11 is 1.62. The SMILES string of the molecule is O=C(CSCc1ccccc1)NCCOc1ccccc1. The smallest absolute Gasteiger partial charge is 0.230 e. The molecule has 21 heavy (non-hydrogen) atoms.